The fraction of sp³-hybridized carbons (Fsp3) is 0.435. The van der Waals surface area contributed by atoms with Gasteiger partial charge in [0.05, 0.1) is 13.7 Å². The van der Waals surface area contributed by atoms with Crippen LogP contribution in [0.25, 0.3) is 0 Å². The summed E-state index contributed by atoms with van der Waals surface area (Å²) in [7, 11) is 5.57. The first-order chi connectivity index (χ1) is 14.2. The Morgan fingerprint density at radius 1 is 1.10 bits per heavy atom. The van der Waals surface area contributed by atoms with Gasteiger partial charge in [0.25, 0.3) is 0 Å². The van der Waals surface area contributed by atoms with E-state index in [0.717, 1.165) is 62.4 Å². The largest absolute Gasteiger partial charge is 0.497 e. The van der Waals surface area contributed by atoms with Crippen LogP contribution in [0, 0.1) is 5.92 Å². The average Bonchev–Trinajstić information content (AvgIpc) is 3.26. The van der Waals surface area contributed by atoms with E-state index >= 15 is 0 Å². The Morgan fingerprint density at radius 3 is 2.30 bits per heavy atom. The van der Waals surface area contributed by atoms with Crippen LogP contribution in [0.4, 0.5) is 0 Å². The van der Waals surface area contributed by atoms with Gasteiger partial charge >= 0.3 is 0 Å². The van der Waals surface area contributed by atoms with Gasteiger partial charge in [0, 0.05) is 39.7 Å². The van der Waals surface area contributed by atoms with Gasteiger partial charge in [0.15, 0.2) is 5.96 Å². The number of methoxy groups -OCH3 is 1. The molecule has 1 aliphatic rings. The van der Waals surface area contributed by atoms with E-state index in [1.54, 1.807) is 7.11 Å². The second-order valence-corrected chi connectivity index (χ2v) is 7.26. The van der Waals surface area contributed by atoms with Gasteiger partial charge in [-0.1, -0.05) is 12.1 Å². The maximum absolute atomic E-state index is 5.88. The molecular weight excluding hydrogens is 493 g/mol. The van der Waals surface area contributed by atoms with Gasteiger partial charge < -0.3 is 24.4 Å². The summed E-state index contributed by atoms with van der Waals surface area (Å²) in [6.07, 6.45) is 2.05. The number of aliphatic imine (C=N–C) groups is 1. The molecular formula is C23H32IN3O3. The van der Waals surface area contributed by atoms with Crippen molar-refractivity contribution >= 4 is 29.9 Å². The zero-order valence-corrected chi connectivity index (χ0v) is 20.3. The van der Waals surface area contributed by atoms with Gasteiger partial charge in [-0.25, -0.2) is 0 Å². The van der Waals surface area contributed by atoms with E-state index in [0.29, 0.717) is 5.92 Å². The lowest BCUT2D eigenvalue weighted by atomic mass is 10.1. The molecule has 30 heavy (non-hydrogen) atoms. The van der Waals surface area contributed by atoms with Crippen molar-refractivity contribution in [2.75, 3.05) is 47.5 Å². The van der Waals surface area contributed by atoms with E-state index in [4.69, 9.17) is 14.2 Å². The average molecular weight is 525 g/mol. The second kappa shape index (κ2) is 12.6. The molecule has 0 amide bonds. The van der Waals surface area contributed by atoms with E-state index in [1.807, 2.05) is 43.4 Å². The Morgan fingerprint density at radius 2 is 1.73 bits per heavy atom. The summed E-state index contributed by atoms with van der Waals surface area (Å²) in [5, 5.41) is 3.45. The number of hydrogen-bond donors (Lipinski definition) is 1. The number of hydrogen-bond acceptors (Lipinski definition) is 4. The van der Waals surface area contributed by atoms with Crippen LogP contribution in [0.2, 0.25) is 0 Å². The molecule has 0 aliphatic carbocycles. The van der Waals surface area contributed by atoms with Crippen LogP contribution in [-0.4, -0.2) is 58.4 Å². The predicted octanol–water partition coefficient (Wildman–Crippen LogP) is 4.19. The molecule has 2 aromatic carbocycles. The molecule has 7 heteroatoms. The Balaban J connectivity index is 0.00000320. The molecule has 1 atom stereocenters. The fourth-order valence-electron chi connectivity index (χ4n) is 3.41. The molecule has 6 nitrogen and oxygen atoms in total. The number of guanidine groups is 1. The van der Waals surface area contributed by atoms with E-state index in [1.165, 1.54) is 5.56 Å². The molecule has 1 aliphatic heterocycles. The Labute approximate surface area is 196 Å². The van der Waals surface area contributed by atoms with Gasteiger partial charge in [-0.3, -0.25) is 4.99 Å². The number of benzene rings is 2. The van der Waals surface area contributed by atoms with E-state index in [-0.39, 0.29) is 24.0 Å². The van der Waals surface area contributed by atoms with Crippen molar-refractivity contribution in [2.45, 2.75) is 12.8 Å². The summed E-state index contributed by atoms with van der Waals surface area (Å²) in [4.78, 5) is 6.58. The molecule has 0 bridgehead atoms. The molecule has 3 rings (SSSR count). The molecule has 0 saturated carbocycles. The van der Waals surface area contributed by atoms with Crippen molar-refractivity contribution in [3.8, 4) is 17.2 Å². The maximum Gasteiger partial charge on any atom is 0.193 e. The second-order valence-electron chi connectivity index (χ2n) is 7.26. The summed E-state index contributed by atoms with van der Waals surface area (Å²) < 4.78 is 16.5. The minimum atomic E-state index is 0. The normalized spacial score (nSPS) is 16.0. The molecule has 1 fully saturated rings. The van der Waals surface area contributed by atoms with Crippen molar-refractivity contribution in [1.29, 1.82) is 0 Å². The Kier molecular flexibility index (Phi) is 10.2. The molecule has 164 valence electrons. The number of rotatable bonds is 8. The molecule has 0 aromatic heterocycles. The molecule has 0 spiro atoms. The summed E-state index contributed by atoms with van der Waals surface area (Å²) in [5.41, 5.74) is 1.25. The van der Waals surface area contributed by atoms with Crippen LogP contribution in [0.5, 0.6) is 17.2 Å². The van der Waals surface area contributed by atoms with Crippen molar-refractivity contribution in [3.05, 3.63) is 54.1 Å². The smallest absolute Gasteiger partial charge is 0.193 e. The minimum Gasteiger partial charge on any atom is -0.497 e. The lowest BCUT2D eigenvalue weighted by Gasteiger charge is -2.24. The molecule has 1 N–H and O–H groups in total. The lowest BCUT2D eigenvalue weighted by Crippen LogP contribution is -2.42. The third-order valence-corrected chi connectivity index (χ3v) is 5.04. The van der Waals surface area contributed by atoms with E-state index in [9.17, 15) is 0 Å². The highest BCUT2D eigenvalue weighted by Gasteiger charge is 2.18. The summed E-state index contributed by atoms with van der Waals surface area (Å²) >= 11 is 0. The zero-order valence-electron chi connectivity index (χ0n) is 18.0. The van der Waals surface area contributed by atoms with Crippen LogP contribution in [-0.2, 0) is 11.2 Å². The number of nitrogens with one attached hydrogen (secondary N) is 1. The number of halogens is 1. The number of ether oxygens (including phenoxy) is 3. The minimum absolute atomic E-state index is 0. The SMILES string of the molecule is CN=C(NCCc1ccc(Oc2ccc(OC)cc2)cc1)N(C)CC1CCOC1.I. The van der Waals surface area contributed by atoms with Crippen LogP contribution >= 0.6 is 24.0 Å². The van der Waals surface area contributed by atoms with Crippen molar-refractivity contribution in [3.63, 3.8) is 0 Å². The maximum atomic E-state index is 5.88. The lowest BCUT2D eigenvalue weighted by molar-refractivity contribution is 0.181. The highest BCUT2D eigenvalue weighted by Crippen LogP contribution is 2.24. The van der Waals surface area contributed by atoms with Crippen LogP contribution in [0.1, 0.15) is 12.0 Å². The van der Waals surface area contributed by atoms with Crippen molar-refractivity contribution in [2.24, 2.45) is 10.9 Å². The third kappa shape index (κ3) is 7.36. The van der Waals surface area contributed by atoms with Crippen LogP contribution < -0.4 is 14.8 Å². The summed E-state index contributed by atoms with van der Waals surface area (Å²) in [6.45, 7) is 3.53. The zero-order chi connectivity index (χ0) is 20.5. The third-order valence-electron chi connectivity index (χ3n) is 5.04. The van der Waals surface area contributed by atoms with Gasteiger partial charge in [-0.15, -0.1) is 24.0 Å². The Bertz CT molecular complexity index is 775. The quantitative estimate of drug-likeness (QED) is 0.318. The topological polar surface area (TPSA) is 55.3 Å². The van der Waals surface area contributed by atoms with Gasteiger partial charge in [-0.2, -0.15) is 0 Å². The van der Waals surface area contributed by atoms with Crippen molar-refractivity contribution in [1.82, 2.24) is 10.2 Å². The van der Waals surface area contributed by atoms with Gasteiger partial charge in [0.2, 0.25) is 0 Å². The standard InChI is InChI=1S/C23H31N3O3.HI/c1-24-23(26(2)16-19-13-15-28-17-19)25-14-12-18-4-6-21(7-5-18)29-22-10-8-20(27-3)9-11-22;/h4-11,19H,12-17H2,1-3H3,(H,24,25);1H. The highest BCUT2D eigenvalue weighted by atomic mass is 127. The first-order valence-electron chi connectivity index (χ1n) is 10.1. The molecule has 1 saturated heterocycles. The number of nitrogens with zero attached hydrogens (tertiary/aromatic N) is 2. The van der Waals surface area contributed by atoms with Crippen molar-refractivity contribution < 1.29 is 14.2 Å². The highest BCUT2D eigenvalue weighted by molar-refractivity contribution is 14.0. The first kappa shape index (κ1) is 24.3. The van der Waals surface area contributed by atoms with E-state index in [2.05, 4.69) is 34.4 Å². The van der Waals surface area contributed by atoms with Gasteiger partial charge in [0.1, 0.15) is 17.2 Å². The summed E-state index contributed by atoms with van der Waals surface area (Å²) in [6, 6.07) is 15.8. The molecule has 1 heterocycles. The first-order valence-corrected chi connectivity index (χ1v) is 10.1. The monoisotopic (exact) mass is 525 g/mol. The van der Waals surface area contributed by atoms with Crippen LogP contribution in [0.15, 0.2) is 53.5 Å². The van der Waals surface area contributed by atoms with Gasteiger partial charge in [-0.05, 0) is 54.8 Å². The van der Waals surface area contributed by atoms with E-state index < -0.39 is 0 Å². The predicted molar refractivity (Wildman–Crippen MR) is 132 cm³/mol. The Hall–Kier alpha value is -2.00. The molecule has 1 unspecified atom stereocenters. The fourth-order valence-corrected chi connectivity index (χ4v) is 3.41. The molecule has 2 aromatic rings. The molecule has 0 radical (unpaired) electrons. The van der Waals surface area contributed by atoms with Crippen LogP contribution in [0.3, 0.4) is 0 Å². The summed E-state index contributed by atoms with van der Waals surface area (Å²) in [5.74, 6) is 3.95.